The van der Waals surface area contributed by atoms with E-state index in [9.17, 15) is 4.79 Å². The number of nitrogens with one attached hydrogen (secondary N) is 1. The molecular formula is C17H27ClN2O3. The van der Waals surface area contributed by atoms with Crippen LogP contribution in [0.2, 0.25) is 0 Å². The molecule has 1 aromatic carbocycles. The minimum atomic E-state index is 0. The second kappa shape index (κ2) is 8.99. The first kappa shape index (κ1) is 19.6. The van der Waals surface area contributed by atoms with Gasteiger partial charge in [0.25, 0.3) is 0 Å². The predicted molar refractivity (Wildman–Crippen MR) is 93.6 cm³/mol. The number of hydrogen-bond donors (Lipinski definition) is 1. The molecule has 0 aromatic heterocycles. The first-order valence-corrected chi connectivity index (χ1v) is 7.74. The molecule has 0 radical (unpaired) electrons. The zero-order valence-corrected chi connectivity index (χ0v) is 15.2. The van der Waals surface area contributed by atoms with Crippen LogP contribution >= 0.6 is 12.4 Å². The van der Waals surface area contributed by atoms with Crippen molar-refractivity contribution < 1.29 is 14.3 Å². The summed E-state index contributed by atoms with van der Waals surface area (Å²) < 4.78 is 10.6. The van der Waals surface area contributed by atoms with E-state index in [-0.39, 0.29) is 18.3 Å². The summed E-state index contributed by atoms with van der Waals surface area (Å²) in [5.74, 6) is 1.59. The van der Waals surface area contributed by atoms with E-state index in [1.807, 2.05) is 26.1 Å². The van der Waals surface area contributed by atoms with Gasteiger partial charge in [0.2, 0.25) is 5.91 Å². The van der Waals surface area contributed by atoms with Crippen molar-refractivity contribution in [2.24, 2.45) is 0 Å². The molecule has 1 saturated heterocycles. The Morgan fingerprint density at radius 2 is 1.96 bits per heavy atom. The number of carbonyl (C=O) groups is 1. The van der Waals surface area contributed by atoms with E-state index in [4.69, 9.17) is 9.47 Å². The molecule has 1 amide bonds. The molecule has 0 bridgehead atoms. The predicted octanol–water partition coefficient (Wildman–Crippen LogP) is 2.53. The van der Waals surface area contributed by atoms with E-state index in [1.165, 1.54) is 0 Å². The fraction of sp³-hybridized carbons (Fsp3) is 0.588. The van der Waals surface area contributed by atoms with E-state index >= 15 is 0 Å². The minimum Gasteiger partial charge on any atom is -0.493 e. The number of hydrogen-bond acceptors (Lipinski definition) is 4. The van der Waals surface area contributed by atoms with Crippen LogP contribution in [0.4, 0.5) is 0 Å². The second-order valence-electron chi connectivity index (χ2n) is 5.88. The molecule has 1 aromatic rings. The van der Waals surface area contributed by atoms with Gasteiger partial charge in [0.1, 0.15) is 0 Å². The van der Waals surface area contributed by atoms with Gasteiger partial charge in [-0.2, -0.15) is 0 Å². The number of carbonyl (C=O) groups excluding carboxylic acids is 1. The van der Waals surface area contributed by atoms with E-state index in [1.54, 1.807) is 19.1 Å². The monoisotopic (exact) mass is 342 g/mol. The maximum absolute atomic E-state index is 12.3. The van der Waals surface area contributed by atoms with Gasteiger partial charge in [0.15, 0.2) is 11.5 Å². The van der Waals surface area contributed by atoms with Gasteiger partial charge in [-0.15, -0.1) is 12.4 Å². The molecule has 1 heterocycles. The molecule has 23 heavy (non-hydrogen) atoms. The van der Waals surface area contributed by atoms with Crippen molar-refractivity contribution in [1.29, 1.82) is 0 Å². The Balaban J connectivity index is 0.00000264. The van der Waals surface area contributed by atoms with Gasteiger partial charge in [0.05, 0.1) is 14.2 Å². The Kier molecular flexibility index (Phi) is 7.65. The van der Waals surface area contributed by atoms with Crippen LogP contribution in [0, 0.1) is 6.92 Å². The molecular weight excluding hydrogens is 316 g/mol. The lowest BCUT2D eigenvalue weighted by Gasteiger charge is -2.21. The highest BCUT2D eigenvalue weighted by Gasteiger charge is 2.20. The molecule has 5 nitrogen and oxygen atoms in total. The van der Waals surface area contributed by atoms with Crippen molar-refractivity contribution >= 4 is 18.3 Å². The lowest BCUT2D eigenvalue weighted by molar-refractivity contribution is -0.130. The Hall–Kier alpha value is -1.46. The molecule has 1 N–H and O–H groups in total. The van der Waals surface area contributed by atoms with E-state index < -0.39 is 0 Å². The summed E-state index contributed by atoms with van der Waals surface area (Å²) in [5, 5.41) is 3.37. The molecule has 0 aliphatic carbocycles. The summed E-state index contributed by atoms with van der Waals surface area (Å²) >= 11 is 0. The summed E-state index contributed by atoms with van der Waals surface area (Å²) in [6.45, 7) is 3.63. The van der Waals surface area contributed by atoms with Crippen LogP contribution < -0.4 is 14.8 Å². The van der Waals surface area contributed by atoms with Crippen molar-refractivity contribution in [1.82, 2.24) is 10.2 Å². The number of methoxy groups -OCH3 is 2. The number of amides is 1. The molecule has 1 aliphatic heterocycles. The first-order valence-electron chi connectivity index (χ1n) is 7.74. The molecule has 1 aliphatic rings. The van der Waals surface area contributed by atoms with Crippen LogP contribution in [0.1, 0.15) is 30.4 Å². The maximum Gasteiger partial charge on any atom is 0.224 e. The highest BCUT2D eigenvalue weighted by Crippen LogP contribution is 2.30. The Labute approximate surface area is 144 Å². The lowest BCUT2D eigenvalue weighted by Crippen LogP contribution is -2.33. The Morgan fingerprint density at radius 1 is 1.30 bits per heavy atom. The number of nitrogens with zero attached hydrogens (tertiary/aromatic N) is 1. The SMILES string of the molecule is COc1cc(C)c(CN(C)C(=O)CC2CCCN2)cc1OC.Cl. The molecule has 2 rings (SSSR count). The minimum absolute atomic E-state index is 0. The number of aryl methyl sites for hydroxylation is 1. The van der Waals surface area contributed by atoms with Crippen molar-refractivity contribution in [3.8, 4) is 11.5 Å². The maximum atomic E-state index is 12.3. The highest BCUT2D eigenvalue weighted by molar-refractivity contribution is 5.85. The quantitative estimate of drug-likeness (QED) is 0.863. The number of halogens is 1. The highest BCUT2D eigenvalue weighted by atomic mass is 35.5. The fourth-order valence-electron chi connectivity index (χ4n) is 2.83. The topological polar surface area (TPSA) is 50.8 Å². The first-order chi connectivity index (χ1) is 10.5. The molecule has 1 atom stereocenters. The summed E-state index contributed by atoms with van der Waals surface area (Å²) in [4.78, 5) is 14.1. The van der Waals surface area contributed by atoms with Crippen LogP contribution in [-0.2, 0) is 11.3 Å². The Bertz CT molecular complexity index is 531. The van der Waals surface area contributed by atoms with Gasteiger partial charge in [-0.1, -0.05) is 0 Å². The van der Waals surface area contributed by atoms with Gasteiger partial charge in [-0.25, -0.2) is 0 Å². The summed E-state index contributed by atoms with van der Waals surface area (Å²) in [7, 11) is 5.10. The van der Waals surface area contributed by atoms with Gasteiger partial charge in [0, 0.05) is 26.1 Å². The number of ether oxygens (including phenoxy) is 2. The lowest BCUT2D eigenvalue weighted by atomic mass is 10.1. The van der Waals surface area contributed by atoms with Crippen LogP contribution in [0.3, 0.4) is 0 Å². The number of benzene rings is 1. The summed E-state index contributed by atoms with van der Waals surface area (Å²) in [6, 6.07) is 4.23. The number of rotatable bonds is 6. The second-order valence-corrected chi connectivity index (χ2v) is 5.88. The van der Waals surface area contributed by atoms with Gasteiger partial charge < -0.3 is 19.7 Å². The summed E-state index contributed by atoms with van der Waals surface area (Å²) in [5.41, 5.74) is 2.17. The van der Waals surface area contributed by atoms with E-state index in [0.717, 1.165) is 30.5 Å². The van der Waals surface area contributed by atoms with Crippen LogP contribution in [-0.4, -0.2) is 44.7 Å². The van der Waals surface area contributed by atoms with Crippen molar-refractivity contribution in [2.45, 2.75) is 38.8 Å². The smallest absolute Gasteiger partial charge is 0.224 e. The van der Waals surface area contributed by atoms with Crippen LogP contribution in [0.5, 0.6) is 11.5 Å². The standard InChI is InChI=1S/C17H26N2O3.ClH/c1-12-8-15(21-3)16(22-4)9-13(12)11-19(2)17(20)10-14-6-5-7-18-14;/h8-9,14,18H,5-7,10-11H2,1-4H3;1H. The molecule has 0 spiro atoms. The van der Waals surface area contributed by atoms with Gasteiger partial charge in [-0.3, -0.25) is 4.79 Å². The average molecular weight is 343 g/mol. The van der Waals surface area contributed by atoms with E-state index in [2.05, 4.69) is 5.32 Å². The van der Waals surface area contributed by atoms with Gasteiger partial charge >= 0.3 is 0 Å². The van der Waals surface area contributed by atoms with Crippen LogP contribution in [0.25, 0.3) is 0 Å². The third-order valence-electron chi connectivity index (χ3n) is 4.26. The molecule has 1 fully saturated rings. The van der Waals surface area contributed by atoms with Crippen molar-refractivity contribution in [2.75, 3.05) is 27.8 Å². The third kappa shape index (κ3) is 5.01. The zero-order chi connectivity index (χ0) is 16.1. The molecule has 0 saturated carbocycles. The van der Waals surface area contributed by atoms with Crippen LogP contribution in [0.15, 0.2) is 12.1 Å². The fourth-order valence-corrected chi connectivity index (χ4v) is 2.83. The summed E-state index contributed by atoms with van der Waals surface area (Å²) in [6.07, 6.45) is 2.83. The molecule has 1 unspecified atom stereocenters. The normalized spacial score (nSPS) is 16.6. The Morgan fingerprint density at radius 3 is 2.52 bits per heavy atom. The third-order valence-corrected chi connectivity index (χ3v) is 4.26. The van der Waals surface area contributed by atoms with E-state index in [0.29, 0.717) is 30.5 Å². The van der Waals surface area contributed by atoms with Crippen molar-refractivity contribution in [3.63, 3.8) is 0 Å². The average Bonchev–Trinajstić information content (AvgIpc) is 3.01. The molecule has 130 valence electrons. The van der Waals surface area contributed by atoms with Gasteiger partial charge in [-0.05, 0) is 49.6 Å². The van der Waals surface area contributed by atoms with Crippen molar-refractivity contribution in [3.05, 3.63) is 23.3 Å². The zero-order valence-electron chi connectivity index (χ0n) is 14.3. The largest absolute Gasteiger partial charge is 0.493 e. The molecule has 6 heteroatoms.